The Labute approximate surface area is 174 Å². The van der Waals surface area contributed by atoms with Gasteiger partial charge in [0.25, 0.3) is 5.91 Å². The van der Waals surface area contributed by atoms with Gasteiger partial charge in [-0.15, -0.1) is 0 Å². The summed E-state index contributed by atoms with van der Waals surface area (Å²) in [5, 5.41) is 6.03. The minimum atomic E-state index is -0.668. The van der Waals surface area contributed by atoms with Crippen LogP contribution in [0.4, 0.5) is 14.9 Å². The summed E-state index contributed by atoms with van der Waals surface area (Å²) in [4.78, 5) is 26.8. The Hall–Kier alpha value is -2.16. The number of amides is 3. The van der Waals surface area contributed by atoms with Crippen molar-refractivity contribution in [1.29, 1.82) is 0 Å². The van der Waals surface area contributed by atoms with Crippen LogP contribution in [-0.2, 0) is 4.74 Å². The number of benzene rings is 2. The van der Waals surface area contributed by atoms with Crippen molar-refractivity contribution in [2.24, 2.45) is 0 Å². The molecule has 146 valence electrons. The monoisotopic (exact) mass is 467 g/mol. The number of hydrogen-bond acceptors (Lipinski definition) is 3. The number of rotatable bonds is 2. The van der Waals surface area contributed by atoms with E-state index in [2.05, 4.69) is 26.6 Å². The molecule has 2 aromatic carbocycles. The number of carbonyl (C=O) groups excluding carboxylic acids is 2. The molecule has 9 heteroatoms. The van der Waals surface area contributed by atoms with Crippen LogP contribution in [0.2, 0.25) is 5.02 Å². The highest BCUT2D eigenvalue weighted by Crippen LogP contribution is 2.40. The van der Waals surface area contributed by atoms with Crippen LogP contribution in [0.1, 0.15) is 27.5 Å². The third kappa shape index (κ3) is 3.59. The highest BCUT2D eigenvalue weighted by molar-refractivity contribution is 9.10. The van der Waals surface area contributed by atoms with Gasteiger partial charge in [-0.3, -0.25) is 4.79 Å². The van der Waals surface area contributed by atoms with Crippen molar-refractivity contribution in [2.75, 3.05) is 31.6 Å². The zero-order chi connectivity index (χ0) is 19.8. The number of urea groups is 1. The molecular formula is C19H16BrClFN3O3. The van der Waals surface area contributed by atoms with Gasteiger partial charge in [0.1, 0.15) is 5.82 Å². The van der Waals surface area contributed by atoms with Crippen molar-refractivity contribution >= 4 is 45.2 Å². The molecule has 2 heterocycles. The van der Waals surface area contributed by atoms with Gasteiger partial charge in [0.2, 0.25) is 0 Å². The number of hydrogen-bond donors (Lipinski definition) is 2. The number of morpholine rings is 1. The van der Waals surface area contributed by atoms with Crippen molar-refractivity contribution in [3.63, 3.8) is 0 Å². The average molecular weight is 469 g/mol. The SMILES string of the molecule is O=C1NC(c2cc(F)ccc2Cl)c2c(NC(=O)N3CCOCC3)cc(Br)cc21. The summed E-state index contributed by atoms with van der Waals surface area (Å²) < 4.78 is 19.7. The predicted molar refractivity (Wildman–Crippen MR) is 106 cm³/mol. The van der Waals surface area contributed by atoms with Gasteiger partial charge in [0.15, 0.2) is 0 Å². The topological polar surface area (TPSA) is 70.7 Å². The van der Waals surface area contributed by atoms with E-state index in [1.54, 1.807) is 17.0 Å². The maximum Gasteiger partial charge on any atom is 0.322 e. The molecule has 0 aliphatic carbocycles. The molecule has 2 aliphatic rings. The van der Waals surface area contributed by atoms with Gasteiger partial charge in [-0.25, -0.2) is 9.18 Å². The normalized spacial score (nSPS) is 18.6. The van der Waals surface area contributed by atoms with Crippen LogP contribution in [0.5, 0.6) is 0 Å². The second-order valence-electron chi connectivity index (χ2n) is 6.52. The molecular weight excluding hydrogens is 453 g/mol. The number of halogens is 3. The fraction of sp³-hybridized carbons (Fsp3) is 0.263. The first-order chi connectivity index (χ1) is 13.4. The summed E-state index contributed by atoms with van der Waals surface area (Å²) in [6.45, 7) is 1.92. The van der Waals surface area contributed by atoms with Crippen molar-refractivity contribution in [3.05, 3.63) is 62.3 Å². The summed E-state index contributed by atoms with van der Waals surface area (Å²) in [5.74, 6) is -0.776. The van der Waals surface area contributed by atoms with Crippen LogP contribution in [-0.4, -0.2) is 43.1 Å². The lowest BCUT2D eigenvalue weighted by Crippen LogP contribution is -2.43. The first-order valence-electron chi connectivity index (χ1n) is 8.67. The molecule has 2 aliphatic heterocycles. The van der Waals surface area contributed by atoms with Crippen LogP contribution in [0, 0.1) is 5.82 Å². The van der Waals surface area contributed by atoms with Gasteiger partial charge in [-0.2, -0.15) is 0 Å². The Kier molecular flexibility index (Phi) is 5.27. The van der Waals surface area contributed by atoms with E-state index in [1.807, 2.05) is 0 Å². The zero-order valence-corrected chi connectivity index (χ0v) is 16.9. The smallest absolute Gasteiger partial charge is 0.322 e. The molecule has 1 saturated heterocycles. The lowest BCUT2D eigenvalue weighted by Gasteiger charge is -2.27. The van der Waals surface area contributed by atoms with Crippen LogP contribution >= 0.6 is 27.5 Å². The highest BCUT2D eigenvalue weighted by Gasteiger charge is 2.35. The average Bonchev–Trinajstić information content (AvgIpc) is 3.01. The van der Waals surface area contributed by atoms with Gasteiger partial charge < -0.3 is 20.3 Å². The van der Waals surface area contributed by atoms with E-state index in [9.17, 15) is 14.0 Å². The maximum absolute atomic E-state index is 13.8. The predicted octanol–water partition coefficient (Wildman–Crippen LogP) is 3.94. The molecule has 3 amide bonds. The first kappa shape index (κ1) is 19.2. The molecule has 0 saturated carbocycles. The minimum Gasteiger partial charge on any atom is -0.378 e. The minimum absolute atomic E-state index is 0.285. The molecule has 0 bridgehead atoms. The Bertz CT molecular complexity index is 966. The Balaban J connectivity index is 1.75. The maximum atomic E-state index is 13.8. The Morgan fingerprint density at radius 2 is 2.04 bits per heavy atom. The molecule has 6 nitrogen and oxygen atoms in total. The fourth-order valence-corrected chi connectivity index (χ4v) is 4.12. The number of nitrogens with zero attached hydrogens (tertiary/aromatic N) is 1. The first-order valence-corrected chi connectivity index (χ1v) is 9.84. The van der Waals surface area contributed by atoms with E-state index in [4.69, 9.17) is 16.3 Å². The molecule has 2 aromatic rings. The molecule has 1 unspecified atom stereocenters. The number of anilines is 1. The molecule has 28 heavy (non-hydrogen) atoms. The number of carbonyl (C=O) groups is 2. The summed E-state index contributed by atoms with van der Waals surface area (Å²) in [5.41, 5.74) is 1.85. The van der Waals surface area contributed by atoms with E-state index in [-0.39, 0.29) is 11.9 Å². The lowest BCUT2D eigenvalue weighted by molar-refractivity contribution is 0.0564. The summed E-state index contributed by atoms with van der Waals surface area (Å²) in [7, 11) is 0. The molecule has 1 atom stereocenters. The van der Waals surface area contributed by atoms with Gasteiger partial charge in [-0.1, -0.05) is 27.5 Å². The van der Waals surface area contributed by atoms with Crippen LogP contribution in [0.15, 0.2) is 34.8 Å². The van der Waals surface area contributed by atoms with Gasteiger partial charge in [0.05, 0.1) is 19.3 Å². The zero-order valence-electron chi connectivity index (χ0n) is 14.6. The third-order valence-electron chi connectivity index (χ3n) is 4.76. The molecule has 1 fully saturated rings. The van der Waals surface area contributed by atoms with E-state index in [0.29, 0.717) is 58.2 Å². The second-order valence-corrected chi connectivity index (χ2v) is 7.84. The summed E-state index contributed by atoms with van der Waals surface area (Å²) in [6, 6.07) is 6.43. The summed E-state index contributed by atoms with van der Waals surface area (Å²) >= 11 is 9.65. The molecule has 2 N–H and O–H groups in total. The Morgan fingerprint density at radius 3 is 2.79 bits per heavy atom. The van der Waals surface area contributed by atoms with E-state index >= 15 is 0 Å². The van der Waals surface area contributed by atoms with Crippen molar-refractivity contribution < 1.29 is 18.7 Å². The molecule has 0 spiro atoms. The molecule has 4 rings (SSSR count). The molecule has 0 radical (unpaired) electrons. The highest BCUT2D eigenvalue weighted by atomic mass is 79.9. The molecule has 0 aromatic heterocycles. The van der Waals surface area contributed by atoms with E-state index in [1.165, 1.54) is 18.2 Å². The van der Waals surface area contributed by atoms with Crippen molar-refractivity contribution in [3.8, 4) is 0 Å². The van der Waals surface area contributed by atoms with E-state index < -0.39 is 11.9 Å². The van der Waals surface area contributed by atoms with Crippen LogP contribution in [0.3, 0.4) is 0 Å². The third-order valence-corrected chi connectivity index (χ3v) is 5.56. The van der Waals surface area contributed by atoms with E-state index in [0.717, 1.165) is 0 Å². The quantitative estimate of drug-likeness (QED) is 0.701. The second kappa shape index (κ2) is 7.69. The standard InChI is InChI=1S/C19H16BrClFN3O3/c20-10-7-13-16(15(8-10)23-19(27)25-3-5-28-6-4-25)17(24-18(13)26)12-9-11(22)1-2-14(12)21/h1-2,7-9,17H,3-6H2,(H,23,27)(H,24,26). The number of ether oxygens (including phenoxy) is 1. The fourth-order valence-electron chi connectivity index (χ4n) is 3.43. The van der Waals surface area contributed by atoms with Crippen molar-refractivity contribution in [1.82, 2.24) is 10.2 Å². The van der Waals surface area contributed by atoms with Gasteiger partial charge >= 0.3 is 6.03 Å². The Morgan fingerprint density at radius 1 is 1.29 bits per heavy atom. The van der Waals surface area contributed by atoms with Gasteiger partial charge in [-0.05, 0) is 30.3 Å². The largest absolute Gasteiger partial charge is 0.378 e. The summed E-state index contributed by atoms with van der Waals surface area (Å²) in [6.07, 6.45) is 0. The van der Waals surface area contributed by atoms with Crippen LogP contribution in [0.25, 0.3) is 0 Å². The van der Waals surface area contributed by atoms with Gasteiger partial charge in [0, 0.05) is 45.0 Å². The number of nitrogens with one attached hydrogen (secondary N) is 2. The lowest BCUT2D eigenvalue weighted by atomic mass is 9.96. The number of fused-ring (bicyclic) bond motifs is 1. The van der Waals surface area contributed by atoms with Crippen molar-refractivity contribution in [2.45, 2.75) is 6.04 Å². The van der Waals surface area contributed by atoms with Crippen LogP contribution < -0.4 is 10.6 Å².